The molecule has 2 spiro atoms. The summed E-state index contributed by atoms with van der Waals surface area (Å²) in [6.07, 6.45) is 1.18. The number of hydrogen-bond donors (Lipinski definition) is 1. The predicted molar refractivity (Wildman–Crippen MR) is 124 cm³/mol. The van der Waals surface area contributed by atoms with Crippen molar-refractivity contribution in [3.63, 3.8) is 0 Å². The molecule has 2 aliphatic carbocycles. The van der Waals surface area contributed by atoms with Gasteiger partial charge in [-0.3, -0.25) is 9.59 Å². The van der Waals surface area contributed by atoms with Gasteiger partial charge < -0.3 is 24.1 Å². The molecule has 3 aliphatic heterocycles. The van der Waals surface area contributed by atoms with Crippen molar-refractivity contribution in [2.24, 2.45) is 16.2 Å². The summed E-state index contributed by atoms with van der Waals surface area (Å²) in [5.41, 5.74) is -7.23. The first-order valence-electron chi connectivity index (χ1n) is 12.1. The molecule has 9 heteroatoms. The zero-order chi connectivity index (χ0) is 26.9. The molecule has 0 amide bonds. The fraction of sp³-hybridized carbons (Fsp3) is 0.630. The average molecular weight is 501 g/mol. The van der Waals surface area contributed by atoms with Gasteiger partial charge in [-0.15, -0.1) is 0 Å². The van der Waals surface area contributed by atoms with Gasteiger partial charge in [0.2, 0.25) is 5.60 Å². The quantitative estimate of drug-likeness (QED) is 0.328. The van der Waals surface area contributed by atoms with E-state index in [2.05, 4.69) is 6.58 Å². The maximum Gasteiger partial charge on any atom is 0.344 e. The average Bonchev–Trinajstić information content (AvgIpc) is 2.94. The third kappa shape index (κ3) is 2.32. The maximum absolute atomic E-state index is 13.8. The Labute approximate surface area is 209 Å². The molecule has 2 bridgehead atoms. The number of ether oxygens (including phenoxy) is 4. The van der Waals surface area contributed by atoms with Crippen molar-refractivity contribution in [1.82, 2.24) is 0 Å². The molecular weight excluding hydrogens is 468 g/mol. The van der Waals surface area contributed by atoms with Crippen molar-refractivity contribution < 1.29 is 43.2 Å². The molecule has 1 saturated carbocycles. The summed E-state index contributed by atoms with van der Waals surface area (Å²) in [5.74, 6) is -2.78. The van der Waals surface area contributed by atoms with Gasteiger partial charge in [0, 0.05) is 24.8 Å². The number of aliphatic hydroxyl groups is 1. The Balaban J connectivity index is 1.90. The molecule has 194 valence electrons. The number of cyclic esters (lactones) is 2. The van der Waals surface area contributed by atoms with Gasteiger partial charge in [-0.05, 0) is 46.6 Å². The molecule has 3 heterocycles. The van der Waals surface area contributed by atoms with Crippen LogP contribution >= 0.6 is 0 Å². The molecule has 2 saturated heterocycles. The molecule has 5 aliphatic rings. The van der Waals surface area contributed by atoms with E-state index in [0.29, 0.717) is 5.57 Å². The van der Waals surface area contributed by atoms with Crippen LogP contribution in [-0.4, -0.2) is 58.0 Å². The lowest BCUT2D eigenvalue weighted by molar-refractivity contribution is -0.233. The van der Waals surface area contributed by atoms with Crippen LogP contribution in [-0.2, 0) is 38.1 Å². The van der Waals surface area contributed by atoms with Crippen molar-refractivity contribution in [3.8, 4) is 0 Å². The summed E-state index contributed by atoms with van der Waals surface area (Å²) < 4.78 is 23.1. The van der Waals surface area contributed by atoms with E-state index in [1.165, 1.54) is 19.9 Å². The lowest BCUT2D eigenvalue weighted by Gasteiger charge is -2.67. The van der Waals surface area contributed by atoms with Gasteiger partial charge in [-0.2, -0.15) is 0 Å². The zero-order valence-electron chi connectivity index (χ0n) is 21.6. The molecule has 0 aromatic heterocycles. The van der Waals surface area contributed by atoms with Gasteiger partial charge in [-0.25, -0.2) is 9.59 Å². The van der Waals surface area contributed by atoms with Crippen LogP contribution in [0.3, 0.4) is 0 Å². The minimum atomic E-state index is -2.34. The number of hydrogen-bond acceptors (Lipinski definition) is 9. The second kappa shape index (κ2) is 6.68. The van der Waals surface area contributed by atoms with Gasteiger partial charge in [-0.1, -0.05) is 30.7 Å². The standard InChI is InChI=1S/C27H32O9/c1-13-17-11-24(8)14(2)26(20(30)33-15(3)27(26,32)21(31)36-24)23(17,7)12-18(34-16(4)28)25(13)10-9-19(29)35-22(25,5)6/h9-10,15,18,32H,2,11-12H2,1,3-8H3/t15-,18-,23+,24-,25-,26+,27-/m1/s1. The first kappa shape index (κ1) is 24.7. The third-order valence-electron chi connectivity index (χ3n) is 9.80. The largest absolute Gasteiger partial charge is 0.461 e. The Hall–Kier alpha value is -2.94. The van der Waals surface area contributed by atoms with E-state index in [0.717, 1.165) is 5.57 Å². The molecule has 7 atom stereocenters. The second-order valence-electron chi connectivity index (χ2n) is 11.7. The SMILES string of the molecule is C=C1[C@@]23C(=O)O[C@H](C)[C@@]2(O)C(=O)O[C@]1(C)CC1=C(C)[C@]2(C=CC(=O)OC2(C)C)[C@H](OC(C)=O)C[C@@]13C. The smallest absolute Gasteiger partial charge is 0.344 e. The number of rotatable bonds is 1. The van der Waals surface area contributed by atoms with Crippen LogP contribution in [0.2, 0.25) is 0 Å². The molecule has 36 heavy (non-hydrogen) atoms. The highest BCUT2D eigenvalue weighted by Gasteiger charge is 2.86. The Kier molecular flexibility index (Phi) is 4.59. The number of carbonyl (C=O) groups is 4. The van der Waals surface area contributed by atoms with Crippen LogP contribution in [0, 0.1) is 16.2 Å². The first-order chi connectivity index (χ1) is 16.5. The van der Waals surface area contributed by atoms with Gasteiger partial charge in [0.15, 0.2) is 0 Å². The van der Waals surface area contributed by atoms with Crippen molar-refractivity contribution in [2.75, 3.05) is 0 Å². The molecule has 0 aromatic carbocycles. The van der Waals surface area contributed by atoms with E-state index in [9.17, 15) is 24.3 Å². The third-order valence-corrected chi connectivity index (χ3v) is 9.80. The Morgan fingerprint density at radius 2 is 1.78 bits per heavy atom. The van der Waals surface area contributed by atoms with E-state index in [-0.39, 0.29) is 18.4 Å². The minimum Gasteiger partial charge on any atom is -0.461 e. The highest BCUT2D eigenvalue weighted by Crippen LogP contribution is 2.75. The highest BCUT2D eigenvalue weighted by atomic mass is 16.6. The molecule has 3 fully saturated rings. The van der Waals surface area contributed by atoms with E-state index in [1.807, 2.05) is 6.92 Å². The second-order valence-corrected chi connectivity index (χ2v) is 11.7. The van der Waals surface area contributed by atoms with Crippen LogP contribution in [0.5, 0.6) is 0 Å². The summed E-state index contributed by atoms with van der Waals surface area (Å²) in [4.78, 5) is 51.8. The lowest BCUT2D eigenvalue weighted by Crippen LogP contribution is -2.76. The van der Waals surface area contributed by atoms with Crippen LogP contribution in [0.15, 0.2) is 35.5 Å². The number of carbonyl (C=O) groups excluding carboxylic acids is 4. The van der Waals surface area contributed by atoms with Gasteiger partial charge in [0.05, 0.1) is 5.41 Å². The van der Waals surface area contributed by atoms with Crippen LogP contribution in [0.1, 0.15) is 61.3 Å². The van der Waals surface area contributed by atoms with E-state index in [1.54, 1.807) is 33.8 Å². The predicted octanol–water partition coefficient (Wildman–Crippen LogP) is 2.46. The molecule has 9 nitrogen and oxygen atoms in total. The van der Waals surface area contributed by atoms with Crippen molar-refractivity contribution in [2.45, 2.75) is 90.3 Å². The summed E-state index contributed by atoms with van der Waals surface area (Å²) >= 11 is 0. The molecule has 1 N–H and O–H groups in total. The van der Waals surface area contributed by atoms with Gasteiger partial charge in [0.25, 0.3) is 0 Å². The summed E-state index contributed by atoms with van der Waals surface area (Å²) in [6, 6.07) is 0. The molecule has 5 rings (SSSR count). The van der Waals surface area contributed by atoms with E-state index < -0.39 is 69.1 Å². The van der Waals surface area contributed by atoms with Crippen molar-refractivity contribution in [3.05, 3.63) is 35.5 Å². The monoisotopic (exact) mass is 500 g/mol. The van der Waals surface area contributed by atoms with Gasteiger partial charge in [0.1, 0.15) is 28.8 Å². The maximum atomic E-state index is 13.8. The van der Waals surface area contributed by atoms with Crippen LogP contribution < -0.4 is 0 Å². The fourth-order valence-electron chi connectivity index (χ4n) is 8.11. The number of esters is 4. The van der Waals surface area contributed by atoms with Crippen LogP contribution in [0.25, 0.3) is 0 Å². The fourth-order valence-corrected chi connectivity index (χ4v) is 8.11. The van der Waals surface area contributed by atoms with Crippen molar-refractivity contribution >= 4 is 23.9 Å². The van der Waals surface area contributed by atoms with Gasteiger partial charge >= 0.3 is 23.9 Å². The van der Waals surface area contributed by atoms with Crippen molar-refractivity contribution in [1.29, 1.82) is 0 Å². The molecule has 0 radical (unpaired) electrons. The summed E-state index contributed by atoms with van der Waals surface area (Å²) in [5, 5.41) is 12.0. The topological polar surface area (TPSA) is 125 Å². The zero-order valence-corrected chi connectivity index (χ0v) is 21.6. The minimum absolute atomic E-state index is 0.0388. The Morgan fingerprint density at radius 3 is 2.36 bits per heavy atom. The van der Waals surface area contributed by atoms with Crippen LogP contribution in [0.4, 0.5) is 0 Å². The normalized spacial score (nSPS) is 46.6. The molecule has 0 unspecified atom stereocenters. The first-order valence-corrected chi connectivity index (χ1v) is 12.1. The number of fused-ring (bicyclic) bond motifs is 2. The summed E-state index contributed by atoms with van der Waals surface area (Å²) in [7, 11) is 0. The molecule has 0 aromatic rings. The Morgan fingerprint density at radius 1 is 1.14 bits per heavy atom. The van der Waals surface area contributed by atoms with E-state index >= 15 is 0 Å². The highest BCUT2D eigenvalue weighted by molar-refractivity contribution is 6.01. The Bertz CT molecular complexity index is 1230. The van der Waals surface area contributed by atoms with E-state index in [4.69, 9.17) is 18.9 Å². The molecular formula is C27H32O9. The lowest BCUT2D eigenvalue weighted by atomic mass is 9.38. The summed E-state index contributed by atoms with van der Waals surface area (Å²) in [6.45, 7) is 15.8.